The summed E-state index contributed by atoms with van der Waals surface area (Å²) < 4.78 is 5.99. The first-order valence-electron chi connectivity index (χ1n) is 7.44. The maximum absolute atomic E-state index is 12.3. The summed E-state index contributed by atoms with van der Waals surface area (Å²) >= 11 is 7.84. The lowest BCUT2D eigenvalue weighted by atomic mass is 10.1. The summed E-state index contributed by atoms with van der Waals surface area (Å²) in [7, 11) is 0. The molecule has 25 heavy (non-hydrogen) atoms. The van der Waals surface area contributed by atoms with Gasteiger partial charge >= 0.3 is 0 Å². The molecular weight excluding hydrogens is 376 g/mol. The number of thiophene rings is 1. The second-order valence-electron chi connectivity index (χ2n) is 5.43. The number of carbonyl (C=O) groups excluding carboxylic acids is 2. The molecule has 8 heteroatoms. The lowest BCUT2D eigenvalue weighted by Gasteiger charge is -2.29. The Balaban J connectivity index is 1.69. The van der Waals surface area contributed by atoms with Crippen molar-refractivity contribution in [3.05, 3.63) is 51.1 Å². The standard InChI is InChI=1S/C17H12N2O3S3/c20-15-9-22-13-4-3-10(7-14-16(21)18-17(23)25-14)6-12(13)19(15)8-11-2-1-5-24-11/h1-7H,8-9H2,(H,18,21,23)/b14-7+. The molecular formula is C17H12N2O3S3. The van der Waals surface area contributed by atoms with Crippen LogP contribution in [0.25, 0.3) is 6.08 Å². The molecule has 0 spiro atoms. The van der Waals surface area contributed by atoms with E-state index in [0.717, 1.165) is 10.4 Å². The molecule has 1 aromatic carbocycles. The fraction of sp³-hybridized carbons (Fsp3) is 0.118. The number of rotatable bonds is 3. The van der Waals surface area contributed by atoms with Crippen LogP contribution in [-0.4, -0.2) is 22.7 Å². The lowest BCUT2D eigenvalue weighted by Crippen LogP contribution is -2.38. The number of nitrogens with zero attached hydrogens (tertiary/aromatic N) is 1. The van der Waals surface area contributed by atoms with Crippen LogP contribution in [0, 0.1) is 0 Å². The van der Waals surface area contributed by atoms with E-state index < -0.39 is 0 Å². The van der Waals surface area contributed by atoms with Crippen molar-refractivity contribution in [1.82, 2.24) is 5.32 Å². The van der Waals surface area contributed by atoms with Gasteiger partial charge in [0.15, 0.2) is 6.61 Å². The number of anilines is 1. The van der Waals surface area contributed by atoms with Crippen molar-refractivity contribution in [2.75, 3.05) is 11.5 Å². The Morgan fingerprint density at radius 3 is 2.92 bits per heavy atom. The van der Waals surface area contributed by atoms with Gasteiger partial charge in [-0.1, -0.05) is 36.1 Å². The first kappa shape index (κ1) is 16.3. The van der Waals surface area contributed by atoms with E-state index in [-0.39, 0.29) is 18.4 Å². The zero-order valence-corrected chi connectivity index (χ0v) is 15.3. The summed E-state index contributed by atoms with van der Waals surface area (Å²) in [5, 5.41) is 4.58. The molecule has 0 bridgehead atoms. The number of amides is 2. The van der Waals surface area contributed by atoms with Crippen molar-refractivity contribution >= 4 is 63.2 Å². The zero-order chi connectivity index (χ0) is 17.4. The van der Waals surface area contributed by atoms with E-state index in [2.05, 4.69) is 5.32 Å². The topological polar surface area (TPSA) is 58.6 Å². The fourth-order valence-electron chi connectivity index (χ4n) is 2.61. The van der Waals surface area contributed by atoms with Crippen LogP contribution in [0.5, 0.6) is 5.75 Å². The normalized spacial score (nSPS) is 18.3. The van der Waals surface area contributed by atoms with Crippen LogP contribution in [-0.2, 0) is 16.1 Å². The van der Waals surface area contributed by atoms with Gasteiger partial charge < -0.3 is 15.0 Å². The van der Waals surface area contributed by atoms with Gasteiger partial charge in [0.25, 0.3) is 11.8 Å². The molecule has 2 aliphatic rings. The largest absolute Gasteiger partial charge is 0.482 e. The molecule has 1 N–H and O–H groups in total. The first-order valence-corrected chi connectivity index (χ1v) is 9.55. The minimum Gasteiger partial charge on any atom is -0.482 e. The summed E-state index contributed by atoms with van der Waals surface area (Å²) in [4.78, 5) is 27.5. The van der Waals surface area contributed by atoms with Gasteiger partial charge in [-0.15, -0.1) is 11.3 Å². The summed E-state index contributed by atoms with van der Waals surface area (Å²) in [5.41, 5.74) is 1.53. The molecule has 0 atom stereocenters. The van der Waals surface area contributed by atoms with Crippen molar-refractivity contribution in [3.8, 4) is 5.75 Å². The highest BCUT2D eigenvalue weighted by Gasteiger charge is 2.27. The molecule has 1 aromatic heterocycles. The molecule has 2 amide bonds. The monoisotopic (exact) mass is 388 g/mol. The molecule has 0 radical (unpaired) electrons. The molecule has 0 aliphatic carbocycles. The third-order valence-electron chi connectivity index (χ3n) is 3.76. The SMILES string of the molecule is O=C1NC(=S)S/C1=C/c1ccc2c(c1)N(Cc1cccs1)C(=O)CO2. The molecule has 1 fully saturated rings. The Kier molecular flexibility index (Phi) is 4.32. The van der Waals surface area contributed by atoms with Crippen LogP contribution in [0.15, 0.2) is 40.6 Å². The number of nitrogens with one attached hydrogen (secondary N) is 1. The van der Waals surface area contributed by atoms with Gasteiger partial charge in [0.1, 0.15) is 10.1 Å². The fourth-order valence-corrected chi connectivity index (χ4v) is 4.35. The highest BCUT2D eigenvalue weighted by atomic mass is 32.2. The lowest BCUT2D eigenvalue weighted by molar-refractivity contribution is -0.121. The van der Waals surface area contributed by atoms with Gasteiger partial charge in [-0.25, -0.2) is 0 Å². The Morgan fingerprint density at radius 2 is 2.20 bits per heavy atom. The predicted molar refractivity (Wildman–Crippen MR) is 104 cm³/mol. The number of benzene rings is 1. The number of hydrogen-bond acceptors (Lipinski definition) is 6. The van der Waals surface area contributed by atoms with Crippen LogP contribution in [0.2, 0.25) is 0 Å². The summed E-state index contributed by atoms with van der Waals surface area (Å²) in [6.07, 6.45) is 1.77. The Labute approximate surface area is 157 Å². The number of thiocarbonyl (C=S) groups is 1. The minimum absolute atomic E-state index is 0.0331. The second kappa shape index (κ2) is 6.62. The van der Waals surface area contributed by atoms with E-state index in [0.29, 0.717) is 27.2 Å². The molecule has 4 rings (SSSR count). The number of thioether (sulfide) groups is 1. The summed E-state index contributed by atoms with van der Waals surface area (Å²) in [6, 6.07) is 9.51. The van der Waals surface area contributed by atoms with E-state index in [9.17, 15) is 9.59 Å². The Bertz CT molecular complexity index is 906. The van der Waals surface area contributed by atoms with Crippen molar-refractivity contribution in [2.24, 2.45) is 0 Å². The van der Waals surface area contributed by atoms with Crippen molar-refractivity contribution in [2.45, 2.75) is 6.54 Å². The van der Waals surface area contributed by atoms with Crippen molar-refractivity contribution in [3.63, 3.8) is 0 Å². The molecule has 0 unspecified atom stereocenters. The molecule has 1 saturated heterocycles. The van der Waals surface area contributed by atoms with Gasteiger partial charge in [-0.2, -0.15) is 0 Å². The molecule has 2 aliphatic heterocycles. The quantitative estimate of drug-likeness (QED) is 0.647. The number of hydrogen-bond donors (Lipinski definition) is 1. The van der Waals surface area contributed by atoms with Crippen LogP contribution >= 0.6 is 35.3 Å². The predicted octanol–water partition coefficient (Wildman–Crippen LogP) is 3.16. The highest BCUT2D eigenvalue weighted by molar-refractivity contribution is 8.26. The summed E-state index contributed by atoms with van der Waals surface area (Å²) in [6.45, 7) is 0.539. The van der Waals surface area contributed by atoms with Crippen LogP contribution < -0.4 is 15.0 Å². The van der Waals surface area contributed by atoms with Gasteiger partial charge in [-0.3, -0.25) is 9.59 Å². The average Bonchev–Trinajstić information content (AvgIpc) is 3.20. The molecule has 3 heterocycles. The Hall–Kier alpha value is -2.16. The van der Waals surface area contributed by atoms with Gasteiger partial charge in [0.05, 0.1) is 17.1 Å². The van der Waals surface area contributed by atoms with Crippen molar-refractivity contribution in [1.29, 1.82) is 0 Å². The number of ether oxygens (including phenoxy) is 1. The molecule has 0 saturated carbocycles. The van der Waals surface area contributed by atoms with Gasteiger partial charge in [0, 0.05) is 4.88 Å². The van der Waals surface area contributed by atoms with E-state index >= 15 is 0 Å². The maximum atomic E-state index is 12.3. The number of carbonyl (C=O) groups is 2. The first-order chi connectivity index (χ1) is 12.1. The summed E-state index contributed by atoms with van der Waals surface area (Å²) in [5.74, 6) is 0.382. The molecule has 2 aromatic rings. The zero-order valence-electron chi connectivity index (χ0n) is 12.9. The van der Waals surface area contributed by atoms with E-state index in [1.165, 1.54) is 11.8 Å². The maximum Gasteiger partial charge on any atom is 0.265 e. The van der Waals surface area contributed by atoms with Gasteiger partial charge in [0.2, 0.25) is 0 Å². The van der Waals surface area contributed by atoms with E-state index in [4.69, 9.17) is 17.0 Å². The Morgan fingerprint density at radius 1 is 1.32 bits per heavy atom. The minimum atomic E-state index is -0.199. The number of fused-ring (bicyclic) bond motifs is 1. The van der Waals surface area contributed by atoms with Crippen molar-refractivity contribution < 1.29 is 14.3 Å². The second-order valence-corrected chi connectivity index (χ2v) is 8.18. The van der Waals surface area contributed by atoms with Gasteiger partial charge in [-0.05, 0) is 35.2 Å². The highest BCUT2D eigenvalue weighted by Crippen LogP contribution is 2.36. The van der Waals surface area contributed by atoms with Crippen LogP contribution in [0.1, 0.15) is 10.4 Å². The smallest absolute Gasteiger partial charge is 0.265 e. The average molecular weight is 388 g/mol. The molecule has 126 valence electrons. The third kappa shape index (κ3) is 3.33. The van der Waals surface area contributed by atoms with Crippen LogP contribution in [0.3, 0.4) is 0 Å². The van der Waals surface area contributed by atoms with E-state index in [1.807, 2.05) is 35.7 Å². The third-order valence-corrected chi connectivity index (χ3v) is 5.78. The molecule has 5 nitrogen and oxygen atoms in total. The van der Waals surface area contributed by atoms with E-state index in [1.54, 1.807) is 22.3 Å². The van der Waals surface area contributed by atoms with Crippen LogP contribution in [0.4, 0.5) is 5.69 Å².